The van der Waals surface area contributed by atoms with Gasteiger partial charge in [-0.05, 0) is 53.3 Å². The van der Waals surface area contributed by atoms with E-state index in [1.807, 2.05) is 48.5 Å². The molecule has 1 aliphatic heterocycles. The number of fused-ring (bicyclic) bond motifs is 3. The second-order valence-electron chi connectivity index (χ2n) is 9.14. The zero-order valence-corrected chi connectivity index (χ0v) is 21.2. The molecule has 0 bridgehead atoms. The van der Waals surface area contributed by atoms with Crippen LogP contribution in [0.5, 0.6) is 5.75 Å². The van der Waals surface area contributed by atoms with Gasteiger partial charge in [-0.3, -0.25) is 19.5 Å². The van der Waals surface area contributed by atoms with E-state index in [2.05, 4.69) is 18.7 Å². The number of aromatic nitrogens is 1. The van der Waals surface area contributed by atoms with Gasteiger partial charge >= 0.3 is 0 Å². The van der Waals surface area contributed by atoms with E-state index in [1.165, 1.54) is 23.0 Å². The van der Waals surface area contributed by atoms with Crippen molar-refractivity contribution in [2.45, 2.75) is 18.9 Å². The van der Waals surface area contributed by atoms with Gasteiger partial charge in [0.2, 0.25) is 0 Å². The maximum atomic E-state index is 13.9. The molecule has 2 aliphatic rings. The predicted molar refractivity (Wildman–Crippen MR) is 148 cm³/mol. The summed E-state index contributed by atoms with van der Waals surface area (Å²) in [6.45, 7) is 4.07. The molecule has 1 atom stereocenters. The van der Waals surface area contributed by atoms with Gasteiger partial charge in [-0.25, -0.2) is 4.99 Å². The zero-order valence-electron chi connectivity index (χ0n) is 20.4. The number of allylic oxidation sites excluding steroid dienone is 1. The maximum absolute atomic E-state index is 13.9. The number of thiazole rings is 1. The molecule has 0 amide bonds. The van der Waals surface area contributed by atoms with Gasteiger partial charge in [0.05, 0.1) is 21.2 Å². The van der Waals surface area contributed by atoms with Crippen LogP contribution in [0, 0.1) is 10.1 Å². The molecule has 0 spiro atoms. The van der Waals surface area contributed by atoms with Crippen LogP contribution >= 0.6 is 11.3 Å². The number of ether oxygens (including phenoxy) is 1. The standard InChI is InChI=1S/C30H23N3O4S/c1-2-15-37-23-11-5-7-19(16-23)17-26-29(34)32-28(21-9-6-10-22(18-21)33(35)36)25-14-13-20-8-3-4-12-24(20)27(25)31-30(32)38-26/h2-12,16-18,28H,1,13-15H2/b26-17+/t28-/m0/s1. The Morgan fingerprint density at radius 1 is 1.11 bits per heavy atom. The quantitative estimate of drug-likeness (QED) is 0.207. The second-order valence-corrected chi connectivity index (χ2v) is 10.1. The number of hydrogen-bond donors (Lipinski definition) is 0. The Hall–Kier alpha value is -4.56. The lowest BCUT2D eigenvalue weighted by atomic mass is 9.83. The molecule has 7 nitrogen and oxygen atoms in total. The molecule has 188 valence electrons. The van der Waals surface area contributed by atoms with Gasteiger partial charge in [-0.2, -0.15) is 0 Å². The highest BCUT2D eigenvalue weighted by Crippen LogP contribution is 2.41. The number of benzene rings is 3. The highest BCUT2D eigenvalue weighted by molar-refractivity contribution is 7.07. The minimum atomic E-state index is -0.473. The normalized spacial score (nSPS) is 16.2. The van der Waals surface area contributed by atoms with Crippen LogP contribution in [0.4, 0.5) is 5.69 Å². The molecule has 2 heterocycles. The highest BCUT2D eigenvalue weighted by Gasteiger charge is 2.33. The van der Waals surface area contributed by atoms with E-state index < -0.39 is 11.0 Å². The summed E-state index contributed by atoms with van der Waals surface area (Å²) in [7, 11) is 0. The van der Waals surface area contributed by atoms with Crippen molar-refractivity contribution in [1.29, 1.82) is 0 Å². The van der Waals surface area contributed by atoms with Gasteiger partial charge in [-0.1, -0.05) is 72.5 Å². The van der Waals surface area contributed by atoms with Crippen molar-refractivity contribution in [3.63, 3.8) is 0 Å². The summed E-state index contributed by atoms with van der Waals surface area (Å²) in [6, 6.07) is 21.8. The second kappa shape index (κ2) is 9.72. The van der Waals surface area contributed by atoms with Gasteiger partial charge in [0.25, 0.3) is 11.2 Å². The van der Waals surface area contributed by atoms with Crippen molar-refractivity contribution in [3.05, 3.63) is 143 Å². The van der Waals surface area contributed by atoms with Crippen LogP contribution in [0.25, 0.3) is 11.8 Å². The number of non-ortho nitro benzene ring substituents is 1. The number of hydrogen-bond acceptors (Lipinski definition) is 6. The number of nitrogens with zero attached hydrogens (tertiary/aromatic N) is 3. The van der Waals surface area contributed by atoms with Crippen molar-refractivity contribution < 1.29 is 9.66 Å². The highest BCUT2D eigenvalue weighted by atomic mass is 32.1. The lowest BCUT2D eigenvalue weighted by Crippen LogP contribution is -2.38. The first-order valence-corrected chi connectivity index (χ1v) is 13.1. The molecule has 0 saturated heterocycles. The largest absolute Gasteiger partial charge is 0.490 e. The van der Waals surface area contributed by atoms with Gasteiger partial charge in [0.1, 0.15) is 12.4 Å². The number of nitro groups is 1. The third-order valence-electron chi connectivity index (χ3n) is 6.79. The van der Waals surface area contributed by atoms with Crippen LogP contribution in [0.3, 0.4) is 0 Å². The van der Waals surface area contributed by atoms with Gasteiger partial charge < -0.3 is 4.74 Å². The summed E-state index contributed by atoms with van der Waals surface area (Å²) in [4.78, 5) is 30.6. The number of aryl methyl sites for hydroxylation is 1. The van der Waals surface area contributed by atoms with E-state index in [0.29, 0.717) is 33.7 Å². The molecule has 6 rings (SSSR count). The predicted octanol–water partition coefficient (Wildman–Crippen LogP) is 4.79. The fraction of sp³-hybridized carbons (Fsp3) is 0.133. The van der Waals surface area contributed by atoms with Gasteiger partial charge in [0.15, 0.2) is 4.80 Å². The van der Waals surface area contributed by atoms with Crippen molar-refractivity contribution in [2.75, 3.05) is 6.61 Å². The lowest BCUT2D eigenvalue weighted by molar-refractivity contribution is -0.384. The molecule has 1 aliphatic carbocycles. The van der Waals surface area contributed by atoms with E-state index in [-0.39, 0.29) is 11.2 Å². The molecule has 38 heavy (non-hydrogen) atoms. The minimum Gasteiger partial charge on any atom is -0.490 e. The zero-order chi connectivity index (χ0) is 26.2. The molecule has 0 saturated carbocycles. The molecule has 0 radical (unpaired) electrons. The van der Waals surface area contributed by atoms with E-state index in [0.717, 1.165) is 28.8 Å². The summed E-state index contributed by atoms with van der Waals surface area (Å²) in [5.74, 6) is 0.688. The summed E-state index contributed by atoms with van der Waals surface area (Å²) >= 11 is 1.32. The van der Waals surface area contributed by atoms with E-state index in [1.54, 1.807) is 22.8 Å². The Bertz CT molecular complexity index is 1820. The minimum absolute atomic E-state index is 0.00340. The summed E-state index contributed by atoms with van der Waals surface area (Å²) < 4.78 is 7.88. The van der Waals surface area contributed by atoms with E-state index in [9.17, 15) is 14.9 Å². The van der Waals surface area contributed by atoms with E-state index >= 15 is 0 Å². The van der Waals surface area contributed by atoms with E-state index in [4.69, 9.17) is 9.73 Å². The van der Waals surface area contributed by atoms with Crippen molar-refractivity contribution in [1.82, 2.24) is 4.57 Å². The van der Waals surface area contributed by atoms with Crippen LogP contribution in [0.1, 0.15) is 34.7 Å². The van der Waals surface area contributed by atoms with Crippen LogP contribution in [-0.4, -0.2) is 16.1 Å². The average Bonchev–Trinajstić information content (AvgIpc) is 3.25. The molecule has 4 aromatic rings. The van der Waals surface area contributed by atoms with Crippen LogP contribution in [0.2, 0.25) is 0 Å². The molecular formula is C30H23N3O4S. The monoisotopic (exact) mass is 521 g/mol. The Morgan fingerprint density at radius 2 is 1.95 bits per heavy atom. The first-order chi connectivity index (χ1) is 18.5. The molecule has 0 fully saturated rings. The first kappa shape index (κ1) is 23.8. The SMILES string of the molecule is C=CCOc1cccc(/C=c2/sc3n(c2=O)[C@@H](c2cccc([N+](=O)[O-])c2)C2=C(N=3)c3ccccc3CC2)c1. The van der Waals surface area contributed by atoms with Crippen molar-refractivity contribution in [2.24, 2.45) is 4.99 Å². The average molecular weight is 522 g/mol. The Morgan fingerprint density at radius 3 is 2.79 bits per heavy atom. The summed E-state index contributed by atoms with van der Waals surface area (Å²) in [5, 5.41) is 11.6. The first-order valence-electron chi connectivity index (χ1n) is 12.2. The molecular weight excluding hydrogens is 498 g/mol. The summed E-state index contributed by atoms with van der Waals surface area (Å²) in [5.41, 5.74) is 5.48. The third kappa shape index (κ3) is 4.18. The van der Waals surface area contributed by atoms with Gasteiger partial charge in [-0.15, -0.1) is 0 Å². The maximum Gasteiger partial charge on any atom is 0.271 e. The Balaban J connectivity index is 1.57. The molecule has 0 unspecified atom stereocenters. The van der Waals surface area contributed by atoms with Crippen LogP contribution in [0.15, 0.2) is 101 Å². The topological polar surface area (TPSA) is 86.7 Å². The third-order valence-corrected chi connectivity index (χ3v) is 7.78. The van der Waals surface area contributed by atoms with Gasteiger partial charge in [0, 0.05) is 17.7 Å². The molecule has 1 aromatic heterocycles. The fourth-order valence-electron chi connectivity index (χ4n) is 5.13. The lowest BCUT2D eigenvalue weighted by Gasteiger charge is -2.30. The smallest absolute Gasteiger partial charge is 0.271 e. The Kier molecular flexibility index (Phi) is 6.09. The molecule has 0 N–H and O–H groups in total. The summed E-state index contributed by atoms with van der Waals surface area (Å²) in [6.07, 6.45) is 5.05. The fourth-order valence-corrected chi connectivity index (χ4v) is 6.13. The molecule has 3 aromatic carbocycles. The number of nitro benzene ring substituents is 1. The van der Waals surface area contributed by atoms with Crippen molar-refractivity contribution in [3.8, 4) is 5.75 Å². The Labute approximate surface area is 222 Å². The van der Waals surface area contributed by atoms with Crippen LogP contribution in [-0.2, 0) is 6.42 Å². The van der Waals surface area contributed by atoms with Crippen molar-refractivity contribution >= 4 is 28.8 Å². The molecule has 8 heteroatoms. The van der Waals surface area contributed by atoms with Crippen LogP contribution < -0.4 is 19.6 Å². The number of rotatable bonds is 6.